The van der Waals surface area contributed by atoms with Crippen molar-refractivity contribution in [1.29, 1.82) is 0 Å². The minimum absolute atomic E-state index is 0.0665. The van der Waals surface area contributed by atoms with Crippen LogP contribution in [0.15, 0.2) is 66.0 Å². The number of hydrogen-bond donors (Lipinski definition) is 3. The number of aryl methyl sites for hydroxylation is 1. The van der Waals surface area contributed by atoms with Crippen LogP contribution in [-0.4, -0.2) is 34.2 Å². The Morgan fingerprint density at radius 3 is 2.71 bits per heavy atom. The number of carbonyl (C=O) groups is 2. The quantitative estimate of drug-likeness (QED) is 0.208. The fourth-order valence-corrected chi connectivity index (χ4v) is 6.64. The van der Waals surface area contributed by atoms with Crippen molar-refractivity contribution in [2.45, 2.75) is 12.8 Å². The van der Waals surface area contributed by atoms with Gasteiger partial charge in [0.25, 0.3) is 11.8 Å². The third kappa shape index (κ3) is 3.61. The van der Waals surface area contributed by atoms with Crippen molar-refractivity contribution in [1.82, 2.24) is 9.97 Å². The molecule has 3 aromatic heterocycles. The first-order valence-electron chi connectivity index (χ1n) is 12.3. The van der Waals surface area contributed by atoms with Gasteiger partial charge < -0.3 is 20.2 Å². The minimum Gasteiger partial charge on any atom is -0.351 e. The number of benzene rings is 3. The van der Waals surface area contributed by atoms with Crippen LogP contribution in [-0.2, 0) is 0 Å². The first kappa shape index (κ1) is 23.1. The van der Waals surface area contributed by atoms with Gasteiger partial charge in [-0.3, -0.25) is 9.59 Å². The number of carbonyl (C=O) groups excluding carboxylic acids is 2. The van der Waals surface area contributed by atoms with E-state index in [1.807, 2.05) is 60.7 Å². The van der Waals surface area contributed by atoms with E-state index < -0.39 is 0 Å². The third-order valence-electron chi connectivity index (χ3n) is 7.28. The van der Waals surface area contributed by atoms with E-state index in [4.69, 9.17) is 11.6 Å². The number of aromatic nitrogens is 2. The van der Waals surface area contributed by atoms with Crippen LogP contribution in [0.5, 0.6) is 0 Å². The lowest BCUT2D eigenvalue weighted by Crippen LogP contribution is -2.30. The SMILES string of the molecule is Cc1csc2[c]cc3c(c12)[C@H](CCl)CN3C(=O)c1cc2cc(NC(=O)c3cc4ccccc4[nH]3)ccc2[nH]1. The van der Waals surface area contributed by atoms with E-state index in [9.17, 15) is 9.59 Å². The monoisotopic (exact) mass is 537 g/mol. The van der Waals surface area contributed by atoms with Gasteiger partial charge in [-0.05, 0) is 65.9 Å². The molecule has 3 N–H and O–H groups in total. The summed E-state index contributed by atoms with van der Waals surface area (Å²) in [5, 5.41) is 8.07. The Hall–Kier alpha value is -4.07. The molecule has 1 radical (unpaired) electrons. The first-order chi connectivity index (χ1) is 18.5. The average molecular weight is 538 g/mol. The van der Waals surface area contributed by atoms with E-state index >= 15 is 0 Å². The topological polar surface area (TPSA) is 81.0 Å². The Kier molecular flexibility index (Phi) is 5.32. The molecule has 3 aromatic carbocycles. The second-order valence-corrected chi connectivity index (χ2v) is 10.9. The number of fused-ring (bicyclic) bond motifs is 5. The van der Waals surface area contributed by atoms with Gasteiger partial charge in [-0.1, -0.05) is 18.2 Å². The van der Waals surface area contributed by atoms with E-state index in [0.717, 1.165) is 37.8 Å². The first-order valence-corrected chi connectivity index (χ1v) is 13.7. The Bertz CT molecular complexity index is 1870. The highest BCUT2D eigenvalue weighted by Gasteiger charge is 2.35. The summed E-state index contributed by atoms with van der Waals surface area (Å²) in [4.78, 5) is 34.8. The van der Waals surface area contributed by atoms with Gasteiger partial charge in [0.1, 0.15) is 11.4 Å². The standard InChI is InChI=1S/C30H22ClN4O2S/c1-16-15-38-26-9-8-25-28(27(16)26)19(13-31)14-35(25)30(37)24-12-18-10-20(6-7-22(18)34-24)32-29(36)23-11-17-4-2-3-5-21(17)33-23/h2-8,10-12,15,19,33-34H,13-14H2,1H3,(H,32,36)/t19-/m1/s1. The lowest BCUT2D eigenvalue weighted by atomic mass is 9.97. The predicted molar refractivity (Wildman–Crippen MR) is 155 cm³/mol. The normalized spacial score (nSPS) is 15.0. The summed E-state index contributed by atoms with van der Waals surface area (Å²) < 4.78 is 1.10. The molecule has 1 aliphatic rings. The van der Waals surface area contributed by atoms with Crippen molar-refractivity contribution in [2.24, 2.45) is 0 Å². The zero-order valence-corrected chi connectivity index (χ0v) is 22.0. The smallest absolute Gasteiger partial charge is 0.274 e. The van der Waals surface area contributed by atoms with Gasteiger partial charge >= 0.3 is 0 Å². The summed E-state index contributed by atoms with van der Waals surface area (Å²) in [5.41, 5.74) is 6.56. The number of rotatable bonds is 4. The molecule has 0 fully saturated rings. The summed E-state index contributed by atoms with van der Waals surface area (Å²) in [6.45, 7) is 2.62. The molecular weight excluding hydrogens is 516 g/mol. The van der Waals surface area contributed by atoms with Gasteiger partial charge in [0.2, 0.25) is 0 Å². The molecule has 8 heteroatoms. The lowest BCUT2D eigenvalue weighted by molar-refractivity contribution is 0.0983. The predicted octanol–water partition coefficient (Wildman–Crippen LogP) is 7.21. The minimum atomic E-state index is -0.223. The van der Waals surface area contributed by atoms with Crippen LogP contribution in [0.1, 0.15) is 38.0 Å². The summed E-state index contributed by atoms with van der Waals surface area (Å²) in [6.07, 6.45) is 0. The number of hydrogen-bond acceptors (Lipinski definition) is 3. The molecule has 6 aromatic rings. The Balaban J connectivity index is 1.18. The molecule has 2 amide bonds. The second kappa shape index (κ2) is 8.75. The number of nitrogens with zero attached hydrogens (tertiary/aromatic N) is 1. The molecule has 38 heavy (non-hydrogen) atoms. The number of H-pyrrole nitrogens is 2. The maximum absolute atomic E-state index is 13.7. The van der Waals surface area contributed by atoms with Gasteiger partial charge in [0, 0.05) is 67.7 Å². The molecule has 4 heterocycles. The number of thiophene rings is 1. The van der Waals surface area contributed by atoms with Crippen LogP contribution in [0.25, 0.3) is 31.9 Å². The van der Waals surface area contributed by atoms with Gasteiger partial charge in [-0.25, -0.2) is 0 Å². The molecule has 0 unspecified atom stereocenters. The maximum atomic E-state index is 13.7. The van der Waals surface area contributed by atoms with Crippen LogP contribution in [0.3, 0.4) is 0 Å². The molecular formula is C30H22ClN4O2S. The maximum Gasteiger partial charge on any atom is 0.274 e. The van der Waals surface area contributed by atoms with Crippen LogP contribution >= 0.6 is 22.9 Å². The Morgan fingerprint density at radius 2 is 1.87 bits per heavy atom. The summed E-state index contributed by atoms with van der Waals surface area (Å²) in [7, 11) is 0. The number of para-hydroxylation sites is 1. The van der Waals surface area contributed by atoms with Crippen molar-refractivity contribution < 1.29 is 9.59 Å². The second-order valence-electron chi connectivity index (χ2n) is 9.69. The van der Waals surface area contributed by atoms with Crippen LogP contribution in [0, 0.1) is 13.0 Å². The molecule has 1 atom stereocenters. The zero-order chi connectivity index (χ0) is 26.0. The molecule has 187 valence electrons. The molecule has 0 spiro atoms. The lowest BCUT2D eigenvalue weighted by Gasteiger charge is -2.16. The van der Waals surface area contributed by atoms with Gasteiger partial charge in [0.05, 0.1) is 0 Å². The highest BCUT2D eigenvalue weighted by atomic mass is 35.5. The number of nitrogens with one attached hydrogen (secondary N) is 3. The molecule has 1 aliphatic heterocycles. The Labute approximate surface area is 227 Å². The third-order valence-corrected chi connectivity index (χ3v) is 8.68. The fraction of sp³-hybridized carbons (Fsp3) is 0.133. The van der Waals surface area contributed by atoms with Crippen molar-refractivity contribution in [2.75, 3.05) is 22.6 Å². The van der Waals surface area contributed by atoms with Gasteiger partial charge in [-0.15, -0.1) is 22.9 Å². The van der Waals surface area contributed by atoms with Crippen LogP contribution in [0.2, 0.25) is 0 Å². The number of amides is 2. The van der Waals surface area contributed by atoms with Crippen molar-refractivity contribution in [3.05, 3.63) is 94.6 Å². The highest BCUT2D eigenvalue weighted by Crippen LogP contribution is 2.44. The number of alkyl halides is 1. The number of aromatic amines is 2. The molecule has 0 saturated carbocycles. The van der Waals surface area contributed by atoms with Crippen LogP contribution < -0.4 is 10.2 Å². The van der Waals surface area contributed by atoms with Crippen molar-refractivity contribution in [3.8, 4) is 0 Å². The summed E-state index contributed by atoms with van der Waals surface area (Å²) >= 11 is 8.04. The number of halogens is 1. The zero-order valence-electron chi connectivity index (χ0n) is 20.4. The average Bonchev–Trinajstić information content (AvgIpc) is 3.70. The van der Waals surface area contributed by atoms with E-state index in [0.29, 0.717) is 29.5 Å². The summed E-state index contributed by atoms with van der Waals surface area (Å²) in [6, 6.07) is 22.3. The molecule has 7 rings (SSSR count). The van der Waals surface area contributed by atoms with E-state index in [2.05, 4.69) is 33.7 Å². The molecule has 0 bridgehead atoms. The van der Waals surface area contributed by atoms with Crippen molar-refractivity contribution in [3.63, 3.8) is 0 Å². The highest BCUT2D eigenvalue weighted by molar-refractivity contribution is 7.17. The van der Waals surface area contributed by atoms with E-state index in [1.165, 1.54) is 10.9 Å². The number of anilines is 2. The Morgan fingerprint density at radius 1 is 1.08 bits per heavy atom. The van der Waals surface area contributed by atoms with Gasteiger partial charge in [-0.2, -0.15) is 0 Å². The van der Waals surface area contributed by atoms with Crippen LogP contribution in [0.4, 0.5) is 11.4 Å². The van der Waals surface area contributed by atoms with E-state index in [-0.39, 0.29) is 17.7 Å². The summed E-state index contributed by atoms with van der Waals surface area (Å²) in [5.74, 6) is 0.174. The molecule has 0 aliphatic carbocycles. The molecule has 6 nitrogen and oxygen atoms in total. The van der Waals surface area contributed by atoms with E-state index in [1.54, 1.807) is 16.2 Å². The molecule has 0 saturated heterocycles. The van der Waals surface area contributed by atoms with Gasteiger partial charge in [0.15, 0.2) is 0 Å². The fourth-order valence-electron chi connectivity index (χ4n) is 5.45. The van der Waals surface area contributed by atoms with Crippen molar-refractivity contribution >= 4 is 78.0 Å². The largest absolute Gasteiger partial charge is 0.351 e.